The lowest BCUT2D eigenvalue weighted by Gasteiger charge is -2.20. The van der Waals surface area contributed by atoms with Gasteiger partial charge in [-0.25, -0.2) is 8.42 Å². The Bertz CT molecular complexity index is 1220. The lowest BCUT2D eigenvalue weighted by Crippen LogP contribution is -2.45. The third-order valence-corrected chi connectivity index (χ3v) is 6.72. The first-order valence-electron chi connectivity index (χ1n) is 9.66. The Hall–Kier alpha value is -2.58. The van der Waals surface area contributed by atoms with Gasteiger partial charge in [0, 0.05) is 15.7 Å². The highest BCUT2D eigenvalue weighted by atomic mass is 35.5. The fourth-order valence-electron chi connectivity index (χ4n) is 3.14. The Morgan fingerprint density at radius 1 is 1.00 bits per heavy atom. The molecule has 2 N–H and O–H groups in total. The number of halogens is 2. The zero-order valence-electron chi connectivity index (χ0n) is 17.4. The molecule has 0 radical (unpaired) electrons. The van der Waals surface area contributed by atoms with Gasteiger partial charge in [0.15, 0.2) is 0 Å². The van der Waals surface area contributed by atoms with E-state index in [4.69, 9.17) is 27.9 Å². The minimum atomic E-state index is -4.14. The number of carbonyl (C=O) groups is 1. The summed E-state index contributed by atoms with van der Waals surface area (Å²) in [5.74, 6) is -0.391. The molecule has 3 rings (SSSR count). The fourth-order valence-corrected chi connectivity index (χ4v) is 4.99. The van der Waals surface area contributed by atoms with Crippen molar-refractivity contribution < 1.29 is 17.9 Å². The number of amides is 1. The van der Waals surface area contributed by atoms with Gasteiger partial charge >= 0.3 is 0 Å². The second kappa shape index (κ2) is 10.4. The number of methoxy groups -OCH3 is 1. The van der Waals surface area contributed by atoms with Crippen LogP contribution in [0.3, 0.4) is 0 Å². The van der Waals surface area contributed by atoms with E-state index >= 15 is 0 Å². The highest BCUT2D eigenvalue weighted by Crippen LogP contribution is 2.27. The van der Waals surface area contributed by atoms with E-state index < -0.39 is 22.0 Å². The van der Waals surface area contributed by atoms with Crippen molar-refractivity contribution in [3.63, 3.8) is 0 Å². The second-order valence-electron chi connectivity index (χ2n) is 7.11. The molecular formula is C23H22Cl2N2O4S. The molecule has 0 aromatic heterocycles. The summed E-state index contributed by atoms with van der Waals surface area (Å²) in [7, 11) is -2.78. The standard InChI is InChI=1S/C23H22Cl2N2O4S/c1-15-12-17(24)8-10-19(15)26-23(28)20(13-16-6-4-3-5-7-16)27-32(29,30)22-14-18(25)9-11-21(22)31-2/h3-12,14,20,27H,13H2,1-2H3,(H,26,28)/t20-/m1/s1. The predicted octanol–water partition coefficient (Wildman–Crippen LogP) is 4.84. The van der Waals surface area contributed by atoms with Crippen LogP contribution in [0, 0.1) is 6.92 Å². The molecule has 0 saturated heterocycles. The molecule has 3 aromatic rings. The zero-order chi connectivity index (χ0) is 23.3. The smallest absolute Gasteiger partial charge is 0.245 e. The normalized spacial score (nSPS) is 12.2. The van der Waals surface area contributed by atoms with Crippen molar-refractivity contribution in [2.75, 3.05) is 12.4 Å². The molecule has 0 bridgehead atoms. The summed E-state index contributed by atoms with van der Waals surface area (Å²) in [5.41, 5.74) is 2.09. The van der Waals surface area contributed by atoms with Gasteiger partial charge in [-0.3, -0.25) is 4.79 Å². The maximum Gasteiger partial charge on any atom is 0.245 e. The van der Waals surface area contributed by atoms with Gasteiger partial charge in [0.05, 0.1) is 7.11 Å². The molecule has 3 aromatic carbocycles. The topological polar surface area (TPSA) is 84.5 Å². The Kier molecular flexibility index (Phi) is 7.79. The first kappa shape index (κ1) is 24.1. The second-order valence-corrected chi connectivity index (χ2v) is 9.66. The molecule has 0 saturated carbocycles. The van der Waals surface area contributed by atoms with Crippen LogP contribution in [0.15, 0.2) is 71.6 Å². The SMILES string of the molecule is COc1ccc(Cl)cc1S(=O)(=O)N[C@H](Cc1ccccc1)C(=O)Nc1ccc(Cl)cc1C. The van der Waals surface area contributed by atoms with Crippen LogP contribution in [0.4, 0.5) is 5.69 Å². The first-order chi connectivity index (χ1) is 15.2. The predicted molar refractivity (Wildman–Crippen MR) is 127 cm³/mol. The van der Waals surface area contributed by atoms with Gasteiger partial charge in [-0.05, 0) is 60.9 Å². The Balaban J connectivity index is 1.93. The van der Waals surface area contributed by atoms with Crippen molar-refractivity contribution in [1.29, 1.82) is 0 Å². The Labute approximate surface area is 197 Å². The molecule has 0 aliphatic heterocycles. The van der Waals surface area contributed by atoms with Gasteiger partial charge in [-0.1, -0.05) is 53.5 Å². The summed E-state index contributed by atoms with van der Waals surface area (Å²) < 4.78 is 34.1. The van der Waals surface area contributed by atoms with E-state index in [0.717, 1.165) is 11.1 Å². The quantitative estimate of drug-likeness (QED) is 0.471. The Morgan fingerprint density at radius 3 is 2.31 bits per heavy atom. The van der Waals surface area contributed by atoms with E-state index in [0.29, 0.717) is 10.7 Å². The summed E-state index contributed by atoms with van der Waals surface area (Å²) in [6, 6.07) is 17.3. The van der Waals surface area contributed by atoms with Crippen LogP contribution in [-0.2, 0) is 21.2 Å². The average Bonchev–Trinajstić information content (AvgIpc) is 2.75. The third-order valence-electron chi connectivity index (χ3n) is 4.76. The third kappa shape index (κ3) is 6.01. The molecular weight excluding hydrogens is 471 g/mol. The van der Waals surface area contributed by atoms with E-state index in [1.807, 2.05) is 30.3 Å². The first-order valence-corrected chi connectivity index (χ1v) is 11.9. The van der Waals surface area contributed by atoms with Crippen molar-refractivity contribution in [2.45, 2.75) is 24.3 Å². The van der Waals surface area contributed by atoms with E-state index in [1.54, 1.807) is 25.1 Å². The van der Waals surface area contributed by atoms with Gasteiger partial charge in [0.1, 0.15) is 16.7 Å². The molecule has 0 fully saturated rings. The lowest BCUT2D eigenvalue weighted by atomic mass is 10.1. The number of aryl methyl sites for hydroxylation is 1. The molecule has 168 valence electrons. The van der Waals surface area contributed by atoms with Crippen LogP contribution >= 0.6 is 23.2 Å². The largest absolute Gasteiger partial charge is 0.495 e. The van der Waals surface area contributed by atoms with E-state index in [1.165, 1.54) is 25.3 Å². The van der Waals surface area contributed by atoms with Gasteiger partial charge in [-0.2, -0.15) is 4.72 Å². The zero-order valence-corrected chi connectivity index (χ0v) is 19.8. The van der Waals surface area contributed by atoms with Crippen molar-refractivity contribution in [3.8, 4) is 5.75 Å². The number of hydrogen-bond acceptors (Lipinski definition) is 4. The lowest BCUT2D eigenvalue weighted by molar-refractivity contribution is -0.117. The molecule has 1 atom stereocenters. The molecule has 0 aliphatic rings. The van der Waals surface area contributed by atoms with Gasteiger partial charge in [0.25, 0.3) is 0 Å². The number of carbonyl (C=O) groups excluding carboxylic acids is 1. The van der Waals surface area contributed by atoms with E-state index in [2.05, 4.69) is 10.0 Å². The fraction of sp³-hybridized carbons (Fsp3) is 0.174. The van der Waals surface area contributed by atoms with Crippen LogP contribution < -0.4 is 14.8 Å². The minimum absolute atomic E-state index is 0.120. The maximum absolute atomic E-state index is 13.2. The number of benzene rings is 3. The van der Waals surface area contributed by atoms with Crippen molar-refractivity contribution in [3.05, 3.63) is 87.9 Å². The molecule has 1 amide bonds. The minimum Gasteiger partial charge on any atom is -0.495 e. The number of sulfonamides is 1. The van der Waals surface area contributed by atoms with Crippen LogP contribution in [0.2, 0.25) is 10.0 Å². The average molecular weight is 493 g/mol. The summed E-state index contributed by atoms with van der Waals surface area (Å²) in [5, 5.41) is 3.56. The molecule has 0 spiro atoms. The number of anilines is 1. The molecule has 6 nitrogen and oxygen atoms in total. The summed E-state index contributed by atoms with van der Waals surface area (Å²) in [6.45, 7) is 1.80. The van der Waals surface area contributed by atoms with Crippen molar-refractivity contribution in [2.24, 2.45) is 0 Å². The summed E-state index contributed by atoms with van der Waals surface area (Å²) in [6.07, 6.45) is 0.140. The highest BCUT2D eigenvalue weighted by molar-refractivity contribution is 7.89. The maximum atomic E-state index is 13.2. The van der Waals surface area contributed by atoms with Gasteiger partial charge in [-0.15, -0.1) is 0 Å². The van der Waals surface area contributed by atoms with Crippen LogP contribution in [0.1, 0.15) is 11.1 Å². The monoisotopic (exact) mass is 492 g/mol. The highest BCUT2D eigenvalue weighted by Gasteiger charge is 2.29. The van der Waals surface area contributed by atoms with Crippen LogP contribution in [-0.4, -0.2) is 27.5 Å². The summed E-state index contributed by atoms with van der Waals surface area (Å²) >= 11 is 12.0. The van der Waals surface area contributed by atoms with Crippen LogP contribution in [0.5, 0.6) is 5.75 Å². The van der Waals surface area contributed by atoms with Gasteiger partial charge < -0.3 is 10.1 Å². The van der Waals surface area contributed by atoms with Gasteiger partial charge in [0.2, 0.25) is 15.9 Å². The molecule has 0 aliphatic carbocycles. The molecule has 9 heteroatoms. The van der Waals surface area contributed by atoms with E-state index in [-0.39, 0.29) is 22.1 Å². The van der Waals surface area contributed by atoms with Crippen molar-refractivity contribution in [1.82, 2.24) is 4.72 Å². The van der Waals surface area contributed by atoms with E-state index in [9.17, 15) is 13.2 Å². The van der Waals surface area contributed by atoms with Crippen LogP contribution in [0.25, 0.3) is 0 Å². The summed E-state index contributed by atoms with van der Waals surface area (Å²) in [4.78, 5) is 13.0. The number of nitrogens with one attached hydrogen (secondary N) is 2. The number of hydrogen-bond donors (Lipinski definition) is 2. The van der Waals surface area contributed by atoms with Crippen molar-refractivity contribution >= 4 is 44.8 Å². The number of rotatable bonds is 8. The number of ether oxygens (including phenoxy) is 1. The Morgan fingerprint density at radius 2 is 1.66 bits per heavy atom. The molecule has 0 unspecified atom stereocenters. The molecule has 0 heterocycles. The molecule has 32 heavy (non-hydrogen) atoms.